The highest BCUT2D eigenvalue weighted by Crippen LogP contribution is 2.46. The molecule has 0 radical (unpaired) electrons. The van der Waals surface area contributed by atoms with Gasteiger partial charge in [-0.15, -0.1) is 0 Å². The van der Waals surface area contributed by atoms with Gasteiger partial charge in [-0.05, 0) is 17.2 Å². The monoisotopic (exact) mass is 330 g/mol. The Labute approximate surface area is 128 Å². The number of rotatable bonds is 4. The molecular weight excluding hydrogens is 319 g/mol. The van der Waals surface area contributed by atoms with Gasteiger partial charge < -0.3 is 5.11 Å². The number of benzene rings is 2. The highest BCUT2D eigenvalue weighted by atomic mass is 19.4. The molecule has 7 heteroatoms. The van der Waals surface area contributed by atoms with Crippen molar-refractivity contribution in [3.8, 4) is 11.1 Å². The summed E-state index contributed by atoms with van der Waals surface area (Å²) in [5, 5.41) is 9.77. The minimum absolute atomic E-state index is 0.211. The molecule has 23 heavy (non-hydrogen) atoms. The molecule has 0 spiro atoms. The number of carbonyl (C=O) groups excluding carboxylic acids is 1. The number of hydrogen-bond acceptors (Lipinski definition) is 2. The molecule has 0 amide bonds. The molecule has 2 nitrogen and oxygen atoms in total. The first kappa shape index (κ1) is 17.1. The lowest BCUT2D eigenvalue weighted by atomic mass is 9.85. The third kappa shape index (κ3) is 2.96. The Bertz CT molecular complexity index is 697. The fourth-order valence-corrected chi connectivity index (χ4v) is 2.21. The Morgan fingerprint density at radius 1 is 1.00 bits per heavy atom. The van der Waals surface area contributed by atoms with Gasteiger partial charge in [-0.3, -0.25) is 4.79 Å². The van der Waals surface area contributed by atoms with Crippen molar-refractivity contribution in [3.63, 3.8) is 0 Å². The number of alkyl halides is 5. The lowest BCUT2D eigenvalue weighted by Crippen LogP contribution is -2.48. The zero-order valence-electron chi connectivity index (χ0n) is 11.5. The summed E-state index contributed by atoms with van der Waals surface area (Å²) < 4.78 is 65.7. The second kappa shape index (κ2) is 6.08. The van der Waals surface area contributed by atoms with Crippen LogP contribution in [0.25, 0.3) is 11.1 Å². The maximum atomic E-state index is 13.2. The van der Waals surface area contributed by atoms with Crippen LogP contribution in [0.3, 0.4) is 0 Å². The van der Waals surface area contributed by atoms with Gasteiger partial charge in [-0.1, -0.05) is 42.5 Å². The van der Waals surface area contributed by atoms with Gasteiger partial charge in [0.05, 0.1) is 0 Å². The number of hydrogen-bond donors (Lipinski definition) is 1. The first-order valence-electron chi connectivity index (χ1n) is 6.44. The molecule has 2 aromatic rings. The first-order valence-corrected chi connectivity index (χ1v) is 6.44. The van der Waals surface area contributed by atoms with Crippen LogP contribution in [0.5, 0.6) is 0 Å². The molecule has 0 saturated carbocycles. The maximum absolute atomic E-state index is 13.2. The molecule has 122 valence electrons. The number of halogens is 5. The van der Waals surface area contributed by atoms with Gasteiger partial charge >= 0.3 is 6.18 Å². The summed E-state index contributed by atoms with van der Waals surface area (Å²) in [6.45, 7) is 0. The molecule has 0 fully saturated rings. The lowest BCUT2D eigenvalue weighted by Gasteiger charge is -2.32. The van der Waals surface area contributed by atoms with E-state index in [1.165, 1.54) is 30.3 Å². The molecular formula is C16H11F5O2. The van der Waals surface area contributed by atoms with E-state index < -0.39 is 23.8 Å². The molecule has 0 heterocycles. The SMILES string of the molecule is O=Cc1ccc(-c2ccccc2)c(C(O)(C(F)F)C(F)(F)F)c1. The Kier molecular flexibility index (Phi) is 4.51. The normalized spacial score (nSPS) is 14.6. The standard InChI is InChI=1S/C16H11F5O2/c17-14(18)15(23,16(19,20)21)13-8-10(9-22)6-7-12(13)11-4-2-1-3-5-11/h1-9,14,23H. The van der Waals surface area contributed by atoms with Crippen molar-refractivity contribution >= 4 is 6.29 Å². The molecule has 0 aliphatic carbocycles. The summed E-state index contributed by atoms with van der Waals surface area (Å²) in [6, 6.07) is 10.4. The summed E-state index contributed by atoms with van der Waals surface area (Å²) in [4.78, 5) is 10.8. The van der Waals surface area contributed by atoms with E-state index in [0.717, 1.165) is 6.07 Å². The second-order valence-electron chi connectivity index (χ2n) is 4.85. The van der Waals surface area contributed by atoms with Crippen LogP contribution in [0, 0.1) is 0 Å². The van der Waals surface area contributed by atoms with Crippen LogP contribution in [0.4, 0.5) is 22.0 Å². The molecule has 1 N–H and O–H groups in total. The summed E-state index contributed by atoms with van der Waals surface area (Å²) in [6.07, 6.45) is -9.51. The van der Waals surface area contributed by atoms with Crippen molar-refractivity contribution in [2.45, 2.75) is 18.2 Å². The summed E-state index contributed by atoms with van der Waals surface area (Å²) in [5.74, 6) is 0. The molecule has 0 bridgehead atoms. The van der Waals surface area contributed by atoms with E-state index in [1.807, 2.05) is 0 Å². The van der Waals surface area contributed by atoms with E-state index in [4.69, 9.17) is 0 Å². The van der Waals surface area contributed by atoms with Crippen LogP contribution in [0.15, 0.2) is 48.5 Å². The summed E-state index contributed by atoms with van der Waals surface area (Å²) in [7, 11) is 0. The minimum atomic E-state index is -5.62. The lowest BCUT2D eigenvalue weighted by molar-refractivity contribution is -0.305. The Morgan fingerprint density at radius 3 is 2.09 bits per heavy atom. The van der Waals surface area contributed by atoms with Crippen LogP contribution in [-0.4, -0.2) is 24.0 Å². The first-order chi connectivity index (χ1) is 10.7. The molecule has 0 saturated heterocycles. The minimum Gasteiger partial charge on any atom is -0.372 e. The average molecular weight is 330 g/mol. The fraction of sp³-hybridized carbons (Fsp3) is 0.188. The fourth-order valence-electron chi connectivity index (χ4n) is 2.21. The third-order valence-electron chi connectivity index (χ3n) is 3.42. The Morgan fingerprint density at radius 2 is 1.61 bits per heavy atom. The third-order valence-corrected chi connectivity index (χ3v) is 3.42. The van der Waals surface area contributed by atoms with Crippen molar-refractivity contribution in [1.29, 1.82) is 0 Å². The number of aliphatic hydroxyl groups is 1. The van der Waals surface area contributed by atoms with E-state index in [2.05, 4.69) is 0 Å². The van der Waals surface area contributed by atoms with Gasteiger partial charge in [0.25, 0.3) is 6.43 Å². The Hall–Kier alpha value is -2.28. The van der Waals surface area contributed by atoms with Gasteiger partial charge in [-0.2, -0.15) is 13.2 Å². The average Bonchev–Trinajstić information content (AvgIpc) is 2.53. The molecule has 1 unspecified atom stereocenters. The van der Waals surface area contributed by atoms with Crippen LogP contribution in [-0.2, 0) is 5.60 Å². The van der Waals surface area contributed by atoms with Gasteiger partial charge in [-0.25, -0.2) is 8.78 Å². The van der Waals surface area contributed by atoms with E-state index in [0.29, 0.717) is 6.07 Å². The van der Waals surface area contributed by atoms with Crippen molar-refractivity contribution < 1.29 is 31.9 Å². The second-order valence-corrected chi connectivity index (χ2v) is 4.85. The van der Waals surface area contributed by atoms with Crippen LogP contribution in [0.2, 0.25) is 0 Å². The maximum Gasteiger partial charge on any atom is 0.427 e. The predicted octanol–water partition coefficient (Wildman–Crippen LogP) is 4.18. The predicted molar refractivity (Wildman–Crippen MR) is 73.2 cm³/mol. The van der Waals surface area contributed by atoms with Crippen LogP contribution < -0.4 is 0 Å². The molecule has 2 rings (SSSR count). The quantitative estimate of drug-likeness (QED) is 0.674. The number of aldehydes is 1. The van der Waals surface area contributed by atoms with E-state index in [1.54, 1.807) is 6.07 Å². The molecule has 0 aromatic heterocycles. The summed E-state index contributed by atoms with van der Waals surface area (Å²) in [5.41, 5.74) is -5.70. The van der Waals surface area contributed by atoms with Gasteiger partial charge in [0.1, 0.15) is 6.29 Å². The van der Waals surface area contributed by atoms with Crippen molar-refractivity contribution in [2.24, 2.45) is 0 Å². The van der Waals surface area contributed by atoms with Crippen molar-refractivity contribution in [3.05, 3.63) is 59.7 Å². The van der Waals surface area contributed by atoms with E-state index >= 15 is 0 Å². The Balaban J connectivity index is 2.80. The highest BCUT2D eigenvalue weighted by Gasteiger charge is 2.62. The molecule has 0 aliphatic rings. The van der Waals surface area contributed by atoms with Crippen LogP contribution in [0.1, 0.15) is 15.9 Å². The topological polar surface area (TPSA) is 37.3 Å². The van der Waals surface area contributed by atoms with Gasteiger partial charge in [0, 0.05) is 11.1 Å². The zero-order chi connectivity index (χ0) is 17.3. The highest BCUT2D eigenvalue weighted by molar-refractivity contribution is 5.79. The van der Waals surface area contributed by atoms with Crippen LogP contribution >= 0.6 is 0 Å². The zero-order valence-corrected chi connectivity index (χ0v) is 11.5. The largest absolute Gasteiger partial charge is 0.427 e. The van der Waals surface area contributed by atoms with Gasteiger partial charge in [0.2, 0.25) is 5.60 Å². The molecule has 2 aromatic carbocycles. The number of carbonyl (C=O) groups is 1. The smallest absolute Gasteiger partial charge is 0.372 e. The molecule has 0 aliphatic heterocycles. The van der Waals surface area contributed by atoms with Crippen molar-refractivity contribution in [2.75, 3.05) is 0 Å². The van der Waals surface area contributed by atoms with Gasteiger partial charge in [0.15, 0.2) is 0 Å². The summed E-state index contributed by atoms with van der Waals surface area (Å²) >= 11 is 0. The van der Waals surface area contributed by atoms with E-state index in [-0.39, 0.29) is 23.0 Å². The van der Waals surface area contributed by atoms with E-state index in [9.17, 15) is 31.9 Å². The molecule has 1 atom stereocenters. The van der Waals surface area contributed by atoms with Crippen molar-refractivity contribution in [1.82, 2.24) is 0 Å².